The number of rotatable bonds is 9. The molecule has 0 spiro atoms. The van der Waals surface area contributed by atoms with Gasteiger partial charge in [0.2, 0.25) is 0 Å². The third-order valence-corrected chi connectivity index (χ3v) is 12.9. The molecule has 0 bridgehead atoms. The highest BCUT2D eigenvalue weighted by Gasteiger charge is 2.63. The van der Waals surface area contributed by atoms with E-state index in [0.717, 1.165) is 44.9 Å². The molecular weight excluding hydrogens is 552 g/mol. The molecular formula is C34H50O7S. The summed E-state index contributed by atoms with van der Waals surface area (Å²) in [6.07, 6.45) is 8.03. The van der Waals surface area contributed by atoms with Crippen LogP contribution >= 0.6 is 0 Å². The minimum absolute atomic E-state index is 0.0279. The highest BCUT2D eigenvalue weighted by atomic mass is 32.3. The summed E-state index contributed by atoms with van der Waals surface area (Å²) in [4.78, 5) is 26.0. The number of benzene rings is 1. The van der Waals surface area contributed by atoms with E-state index in [1.165, 1.54) is 0 Å². The SMILES string of the molecule is CC(CC[C@@H](OS(=O)(=O)O)C(C)C)[C@H]1CCC2C3C(OC(=O)c4ccccc4)C[C@H]4CC(=O)CC[C@]4(C)C3CC[C@@]21C. The van der Waals surface area contributed by atoms with Crippen LogP contribution < -0.4 is 0 Å². The van der Waals surface area contributed by atoms with Crippen LogP contribution in [-0.2, 0) is 24.1 Å². The largest absolute Gasteiger partial charge is 0.458 e. The number of esters is 1. The van der Waals surface area contributed by atoms with E-state index in [9.17, 15) is 22.6 Å². The molecule has 4 aliphatic rings. The predicted molar refractivity (Wildman–Crippen MR) is 161 cm³/mol. The van der Waals surface area contributed by atoms with Crippen LogP contribution in [0.25, 0.3) is 0 Å². The van der Waals surface area contributed by atoms with Gasteiger partial charge in [-0.2, -0.15) is 8.42 Å². The fourth-order valence-electron chi connectivity index (χ4n) is 10.1. The van der Waals surface area contributed by atoms with Crippen LogP contribution in [0.4, 0.5) is 0 Å². The van der Waals surface area contributed by atoms with Crippen molar-refractivity contribution in [3.05, 3.63) is 35.9 Å². The van der Waals surface area contributed by atoms with E-state index in [-0.39, 0.29) is 40.7 Å². The van der Waals surface area contributed by atoms with E-state index in [1.807, 2.05) is 44.2 Å². The second-order valence-electron chi connectivity index (χ2n) is 14.9. The van der Waals surface area contributed by atoms with Crippen molar-refractivity contribution >= 4 is 22.2 Å². The van der Waals surface area contributed by atoms with Gasteiger partial charge in [0.25, 0.3) is 0 Å². The number of ketones is 1. The van der Waals surface area contributed by atoms with Gasteiger partial charge in [-0.05, 0) is 110 Å². The van der Waals surface area contributed by atoms with Crippen molar-refractivity contribution in [1.82, 2.24) is 0 Å². The number of hydrogen-bond donors (Lipinski definition) is 1. The van der Waals surface area contributed by atoms with Crippen LogP contribution in [0, 0.1) is 52.3 Å². The summed E-state index contributed by atoms with van der Waals surface area (Å²) in [5, 5.41) is 0. The normalized spacial score (nSPS) is 37.8. The highest BCUT2D eigenvalue weighted by Crippen LogP contribution is 2.68. The Balaban J connectivity index is 1.38. The summed E-state index contributed by atoms with van der Waals surface area (Å²) in [5.74, 6) is 2.29. The van der Waals surface area contributed by atoms with E-state index in [4.69, 9.17) is 8.92 Å². The second kappa shape index (κ2) is 12.0. The van der Waals surface area contributed by atoms with Crippen molar-refractivity contribution in [3.63, 3.8) is 0 Å². The highest BCUT2D eigenvalue weighted by molar-refractivity contribution is 7.80. The Kier molecular flexibility index (Phi) is 9.01. The monoisotopic (exact) mass is 602 g/mol. The first kappa shape index (κ1) is 31.6. The van der Waals surface area contributed by atoms with Crippen molar-refractivity contribution in [2.75, 3.05) is 0 Å². The van der Waals surface area contributed by atoms with E-state index in [1.54, 1.807) is 0 Å². The number of carbonyl (C=O) groups is 2. The van der Waals surface area contributed by atoms with Gasteiger partial charge >= 0.3 is 16.4 Å². The number of ether oxygens (including phenoxy) is 1. The van der Waals surface area contributed by atoms with Gasteiger partial charge in [0.1, 0.15) is 11.9 Å². The lowest BCUT2D eigenvalue weighted by molar-refractivity contribution is -0.170. The number of carbonyl (C=O) groups excluding carboxylic acids is 2. The minimum Gasteiger partial charge on any atom is -0.458 e. The Morgan fingerprint density at radius 3 is 2.36 bits per heavy atom. The lowest BCUT2D eigenvalue weighted by Crippen LogP contribution is -2.59. The second-order valence-corrected chi connectivity index (χ2v) is 15.9. The van der Waals surface area contributed by atoms with Crippen LogP contribution in [0.3, 0.4) is 0 Å². The van der Waals surface area contributed by atoms with Gasteiger partial charge in [0.15, 0.2) is 0 Å². The Morgan fingerprint density at radius 1 is 1.00 bits per heavy atom. The van der Waals surface area contributed by atoms with Crippen LogP contribution in [0.1, 0.15) is 109 Å². The molecule has 8 heteroatoms. The molecule has 5 rings (SSSR count). The molecule has 0 aromatic heterocycles. The molecule has 4 aliphatic carbocycles. The first-order valence-electron chi connectivity index (χ1n) is 16.2. The molecule has 10 atom stereocenters. The average Bonchev–Trinajstić information content (AvgIpc) is 3.28. The first-order valence-corrected chi connectivity index (χ1v) is 17.5. The maximum atomic E-state index is 13.4. The van der Waals surface area contributed by atoms with Crippen molar-refractivity contribution in [2.45, 2.75) is 111 Å². The van der Waals surface area contributed by atoms with E-state index in [0.29, 0.717) is 54.3 Å². The van der Waals surface area contributed by atoms with E-state index >= 15 is 0 Å². The van der Waals surface area contributed by atoms with Gasteiger partial charge in [-0.1, -0.05) is 52.8 Å². The Bertz CT molecular complexity index is 1250. The Hall–Kier alpha value is -1.77. The molecule has 0 aliphatic heterocycles. The molecule has 4 saturated carbocycles. The summed E-state index contributed by atoms with van der Waals surface area (Å²) in [5.41, 5.74) is 0.769. The minimum atomic E-state index is -4.50. The molecule has 5 unspecified atom stereocenters. The summed E-state index contributed by atoms with van der Waals surface area (Å²) in [6.45, 7) is 11.0. The molecule has 0 heterocycles. The van der Waals surface area contributed by atoms with Crippen molar-refractivity contribution < 1.29 is 31.5 Å². The zero-order valence-corrected chi connectivity index (χ0v) is 26.8. The Labute approximate surface area is 252 Å². The first-order chi connectivity index (χ1) is 19.7. The van der Waals surface area contributed by atoms with Crippen molar-refractivity contribution in [2.24, 2.45) is 52.3 Å². The van der Waals surface area contributed by atoms with Gasteiger partial charge in [0.05, 0.1) is 11.7 Å². The van der Waals surface area contributed by atoms with Crippen molar-refractivity contribution in [1.29, 1.82) is 0 Å². The molecule has 42 heavy (non-hydrogen) atoms. The molecule has 1 N–H and O–H groups in total. The molecule has 0 saturated heterocycles. The topological polar surface area (TPSA) is 107 Å². The predicted octanol–water partition coefficient (Wildman–Crippen LogP) is 7.31. The number of fused-ring (bicyclic) bond motifs is 5. The standard InChI is InChI=1S/C34H50O7S/c1-21(2)29(41-42(37,38)39)14-11-22(3)26-12-13-27-31-28(16-18-34(26,27)5)33(4)17-15-25(35)19-24(33)20-30(31)40-32(36)23-9-7-6-8-10-23/h6-10,21-22,24,26-31H,11-20H2,1-5H3,(H,37,38,39)/t22?,24-,26-,27?,28?,29-,30?,31?,33+,34-/m1/s1. The fourth-order valence-corrected chi connectivity index (χ4v) is 10.8. The molecule has 7 nitrogen and oxygen atoms in total. The van der Waals surface area contributed by atoms with Gasteiger partial charge in [0, 0.05) is 18.8 Å². The molecule has 234 valence electrons. The number of Topliss-reactive ketones (excluding diaryl/α,β-unsaturated/α-hetero) is 1. The lowest BCUT2D eigenvalue weighted by atomic mass is 9.43. The molecule has 0 amide bonds. The smallest absolute Gasteiger partial charge is 0.397 e. The third kappa shape index (κ3) is 6.10. The quantitative estimate of drug-likeness (QED) is 0.233. The van der Waals surface area contributed by atoms with Gasteiger partial charge in [-0.25, -0.2) is 8.98 Å². The molecule has 4 fully saturated rings. The van der Waals surface area contributed by atoms with Gasteiger partial charge in [-0.3, -0.25) is 9.35 Å². The average molecular weight is 603 g/mol. The van der Waals surface area contributed by atoms with Crippen LogP contribution in [-0.4, -0.2) is 36.9 Å². The fraction of sp³-hybridized carbons (Fsp3) is 0.765. The maximum absolute atomic E-state index is 13.4. The van der Waals surface area contributed by atoms with Crippen molar-refractivity contribution in [3.8, 4) is 0 Å². The zero-order chi connectivity index (χ0) is 30.4. The third-order valence-electron chi connectivity index (χ3n) is 12.4. The molecule has 0 radical (unpaired) electrons. The Morgan fingerprint density at radius 2 is 1.69 bits per heavy atom. The van der Waals surface area contributed by atoms with Crippen LogP contribution in [0.5, 0.6) is 0 Å². The summed E-state index contributed by atoms with van der Waals surface area (Å²) in [7, 11) is -4.50. The summed E-state index contributed by atoms with van der Waals surface area (Å²) < 4.78 is 43.6. The van der Waals surface area contributed by atoms with Crippen LogP contribution in [0.15, 0.2) is 30.3 Å². The van der Waals surface area contributed by atoms with Gasteiger partial charge < -0.3 is 4.74 Å². The zero-order valence-electron chi connectivity index (χ0n) is 26.0. The van der Waals surface area contributed by atoms with Gasteiger partial charge in [-0.15, -0.1) is 0 Å². The lowest BCUT2D eigenvalue weighted by Gasteiger charge is -2.62. The summed E-state index contributed by atoms with van der Waals surface area (Å²) in [6, 6.07) is 9.25. The maximum Gasteiger partial charge on any atom is 0.397 e. The van der Waals surface area contributed by atoms with E-state index in [2.05, 4.69) is 20.8 Å². The molecule has 1 aromatic rings. The van der Waals surface area contributed by atoms with Crippen LogP contribution in [0.2, 0.25) is 0 Å². The van der Waals surface area contributed by atoms with E-state index < -0.39 is 16.5 Å². The number of hydrogen-bond acceptors (Lipinski definition) is 6. The summed E-state index contributed by atoms with van der Waals surface area (Å²) >= 11 is 0. The molecule has 1 aromatic carbocycles.